The first-order chi connectivity index (χ1) is 27.9. The number of nitrogens with zero attached hydrogens (tertiary/aromatic N) is 1. The monoisotopic (exact) mass is 783 g/mol. The lowest BCUT2D eigenvalue weighted by Gasteiger charge is -2.36. The van der Waals surface area contributed by atoms with Crippen molar-refractivity contribution >= 4 is 23.6 Å². The lowest BCUT2D eigenvalue weighted by molar-refractivity contribution is -0.245. The molecule has 3 atom stereocenters. The molecule has 5 aromatic carbocycles. The predicted molar refractivity (Wildman–Crippen MR) is 219 cm³/mol. The molecule has 0 saturated carbocycles. The normalized spacial score (nSPS) is 16.6. The van der Waals surface area contributed by atoms with Crippen molar-refractivity contribution in [3.8, 4) is 33.7 Å². The molecule has 10 nitrogen and oxygen atoms in total. The molecule has 1 saturated heterocycles. The zero-order valence-corrected chi connectivity index (χ0v) is 32.2. The Kier molecular flexibility index (Phi) is 13.6. The number of aliphatic hydroxyl groups is 1. The first-order valence-electron chi connectivity index (χ1n) is 19.1. The summed E-state index contributed by atoms with van der Waals surface area (Å²) in [7, 11) is 0. The number of carbonyl (C=O) groups is 2. The summed E-state index contributed by atoms with van der Waals surface area (Å²) in [6.07, 6.45) is 1.15. The summed E-state index contributed by atoms with van der Waals surface area (Å²) in [6, 6.07) is 44.1. The molecule has 0 spiro atoms. The first kappa shape index (κ1) is 39.7. The average Bonchev–Trinajstić information content (AvgIpc) is 3.71. The van der Waals surface area contributed by atoms with E-state index in [0.717, 1.165) is 56.0 Å². The van der Waals surface area contributed by atoms with Gasteiger partial charge in [-0.15, -0.1) is 0 Å². The highest BCUT2D eigenvalue weighted by molar-refractivity contribution is 7.99. The molecule has 1 aliphatic heterocycles. The molecule has 0 unspecified atom stereocenters. The molecule has 292 valence electrons. The SMILES string of the molecule is O=C(CCCCC(=O)NCc1cccc(-c2ccc([C@@H]3O[C@H](CSc4nc(-c5ccccc5)c(-c5ccccc5)o4)C[C@H](c4ccc(CO)cc4)O3)cc2)c1)NO. The number of unbranched alkanes of at least 4 members (excludes halogenated alkanes) is 1. The molecule has 1 fully saturated rings. The second kappa shape index (κ2) is 19.5. The molecule has 4 N–H and O–H groups in total. The average molecular weight is 784 g/mol. The minimum Gasteiger partial charge on any atom is -0.431 e. The van der Waals surface area contributed by atoms with Crippen molar-refractivity contribution in [3.63, 3.8) is 0 Å². The van der Waals surface area contributed by atoms with Crippen molar-refractivity contribution in [2.24, 2.45) is 0 Å². The van der Waals surface area contributed by atoms with Crippen LogP contribution in [0, 0.1) is 0 Å². The third-order valence-electron chi connectivity index (χ3n) is 9.81. The molecule has 1 aromatic heterocycles. The van der Waals surface area contributed by atoms with Gasteiger partial charge in [-0.05, 0) is 46.7 Å². The van der Waals surface area contributed by atoms with Crippen LogP contribution in [-0.4, -0.2) is 39.0 Å². The van der Waals surface area contributed by atoms with Crippen LogP contribution in [0.15, 0.2) is 143 Å². The maximum Gasteiger partial charge on any atom is 0.256 e. The summed E-state index contributed by atoms with van der Waals surface area (Å²) in [5.74, 6) is 0.782. The molecule has 57 heavy (non-hydrogen) atoms. The van der Waals surface area contributed by atoms with Crippen LogP contribution >= 0.6 is 11.8 Å². The maximum absolute atomic E-state index is 12.4. The fraction of sp³-hybridized carbons (Fsp3) is 0.239. The second-order valence-corrected chi connectivity index (χ2v) is 14.9. The predicted octanol–water partition coefficient (Wildman–Crippen LogP) is 9.19. The van der Waals surface area contributed by atoms with Crippen LogP contribution in [0.4, 0.5) is 0 Å². The van der Waals surface area contributed by atoms with Crippen LogP contribution in [-0.2, 0) is 32.2 Å². The third kappa shape index (κ3) is 10.6. The van der Waals surface area contributed by atoms with E-state index in [9.17, 15) is 14.7 Å². The van der Waals surface area contributed by atoms with E-state index in [0.29, 0.717) is 43.2 Å². The fourth-order valence-electron chi connectivity index (χ4n) is 6.74. The van der Waals surface area contributed by atoms with Gasteiger partial charge in [0.25, 0.3) is 5.22 Å². The highest BCUT2D eigenvalue weighted by atomic mass is 32.2. The molecular formula is C46H45N3O7S. The third-order valence-corrected chi connectivity index (χ3v) is 10.8. The largest absolute Gasteiger partial charge is 0.431 e. The first-order valence-corrected chi connectivity index (χ1v) is 20.1. The number of thioether (sulfide) groups is 1. The number of aromatic nitrogens is 1. The van der Waals surface area contributed by atoms with Gasteiger partial charge in [0.1, 0.15) is 5.69 Å². The molecule has 2 heterocycles. The number of benzene rings is 5. The number of nitrogens with one attached hydrogen (secondary N) is 2. The minimum absolute atomic E-state index is 0.0260. The summed E-state index contributed by atoms with van der Waals surface area (Å²) < 4.78 is 19.7. The van der Waals surface area contributed by atoms with E-state index < -0.39 is 12.2 Å². The Labute approximate surface area is 336 Å². The van der Waals surface area contributed by atoms with Gasteiger partial charge < -0.3 is 24.3 Å². The topological polar surface area (TPSA) is 143 Å². The number of amides is 2. The quantitative estimate of drug-likeness (QED) is 0.0327. The Morgan fingerprint density at radius 2 is 1.37 bits per heavy atom. The van der Waals surface area contributed by atoms with Crippen molar-refractivity contribution in [2.45, 2.75) is 69.0 Å². The zero-order chi connectivity index (χ0) is 39.4. The lowest BCUT2D eigenvalue weighted by Crippen LogP contribution is -2.31. The smallest absolute Gasteiger partial charge is 0.256 e. The van der Waals surface area contributed by atoms with Gasteiger partial charge in [-0.2, -0.15) is 0 Å². The maximum atomic E-state index is 12.4. The van der Waals surface area contributed by atoms with E-state index in [1.54, 1.807) is 5.48 Å². The van der Waals surface area contributed by atoms with Gasteiger partial charge in [-0.1, -0.05) is 139 Å². The van der Waals surface area contributed by atoms with Crippen LogP contribution in [0.25, 0.3) is 33.7 Å². The number of rotatable bonds is 16. The highest BCUT2D eigenvalue weighted by Gasteiger charge is 2.33. The van der Waals surface area contributed by atoms with Crippen molar-refractivity contribution in [3.05, 3.63) is 156 Å². The highest BCUT2D eigenvalue weighted by Crippen LogP contribution is 2.41. The van der Waals surface area contributed by atoms with Crippen LogP contribution in [0.5, 0.6) is 0 Å². The van der Waals surface area contributed by atoms with Crippen LogP contribution in [0.1, 0.15) is 66.8 Å². The molecule has 0 bridgehead atoms. The summed E-state index contributed by atoms with van der Waals surface area (Å²) >= 11 is 1.52. The van der Waals surface area contributed by atoms with E-state index in [4.69, 9.17) is 24.1 Å². The summed E-state index contributed by atoms with van der Waals surface area (Å²) in [4.78, 5) is 28.5. The van der Waals surface area contributed by atoms with Gasteiger partial charge >= 0.3 is 0 Å². The van der Waals surface area contributed by atoms with E-state index in [2.05, 4.69) is 23.5 Å². The van der Waals surface area contributed by atoms with E-state index in [1.165, 1.54) is 11.8 Å². The van der Waals surface area contributed by atoms with Crippen molar-refractivity contribution in [2.75, 3.05) is 5.75 Å². The van der Waals surface area contributed by atoms with E-state index in [-0.39, 0.29) is 31.1 Å². The standard InChI is InChI=1S/C46H45N3O7S/c50-29-31-18-20-34(21-19-31)40-27-39(30-57-46-48-43(35-11-3-1-4-12-35)44(56-46)36-13-5-2-6-14-36)54-45(55-40)37-24-22-33(23-25-37)38-15-9-10-32(26-38)28-47-41(51)16-7-8-17-42(52)49-53/h1-6,9-15,18-26,39-40,45,50,53H,7-8,16-17,27-30H2,(H,47,51)(H,49,52)/t39-,40+,45+/m0/s1. The molecule has 2 amide bonds. The molecule has 1 aliphatic rings. The number of aliphatic hydroxyl groups excluding tert-OH is 1. The van der Waals surface area contributed by atoms with Gasteiger partial charge in [0.15, 0.2) is 12.1 Å². The number of hydrogen-bond donors (Lipinski definition) is 4. The molecule has 0 radical (unpaired) electrons. The number of carbonyl (C=O) groups excluding carboxylic acids is 2. The summed E-state index contributed by atoms with van der Waals surface area (Å²) in [6.45, 7) is 0.363. The number of hydrogen-bond acceptors (Lipinski definition) is 9. The van der Waals surface area contributed by atoms with E-state index >= 15 is 0 Å². The number of ether oxygens (including phenoxy) is 2. The molecule has 0 aliphatic carbocycles. The van der Waals surface area contributed by atoms with Crippen molar-refractivity contribution < 1.29 is 33.8 Å². The van der Waals surface area contributed by atoms with Gasteiger partial charge in [-0.25, -0.2) is 10.5 Å². The zero-order valence-electron chi connectivity index (χ0n) is 31.4. The van der Waals surface area contributed by atoms with Crippen molar-refractivity contribution in [1.29, 1.82) is 0 Å². The Hall–Kier alpha value is -5.56. The molecular weight excluding hydrogens is 739 g/mol. The van der Waals surface area contributed by atoms with Crippen LogP contribution in [0.3, 0.4) is 0 Å². The van der Waals surface area contributed by atoms with Gasteiger partial charge in [-0.3, -0.25) is 14.8 Å². The minimum atomic E-state index is -0.621. The van der Waals surface area contributed by atoms with Crippen LogP contribution < -0.4 is 10.8 Å². The Balaban J connectivity index is 1.04. The summed E-state index contributed by atoms with van der Waals surface area (Å²) in [5.41, 5.74) is 10.1. The van der Waals surface area contributed by atoms with E-state index in [1.807, 2.05) is 115 Å². The Morgan fingerprint density at radius 1 is 0.702 bits per heavy atom. The Bertz CT molecular complexity index is 2160. The fourth-order valence-corrected chi connectivity index (χ4v) is 7.58. The summed E-state index contributed by atoms with van der Waals surface area (Å²) in [5, 5.41) is 21.8. The number of oxazole rings is 1. The molecule has 7 rings (SSSR count). The van der Waals surface area contributed by atoms with Crippen molar-refractivity contribution in [1.82, 2.24) is 15.8 Å². The van der Waals surface area contributed by atoms with Gasteiger partial charge in [0.2, 0.25) is 11.8 Å². The molecule has 6 aromatic rings. The Morgan fingerprint density at radius 3 is 2.07 bits per heavy atom. The van der Waals surface area contributed by atoms with Gasteiger partial charge in [0, 0.05) is 48.3 Å². The number of hydroxylamine groups is 1. The van der Waals surface area contributed by atoms with Crippen LogP contribution in [0.2, 0.25) is 0 Å². The van der Waals surface area contributed by atoms with Gasteiger partial charge in [0.05, 0.1) is 18.8 Å². The lowest BCUT2D eigenvalue weighted by atomic mass is 9.99. The second-order valence-electron chi connectivity index (χ2n) is 13.9. The molecule has 11 heteroatoms.